The lowest BCUT2D eigenvalue weighted by Crippen LogP contribution is -2.41. The van der Waals surface area contributed by atoms with Crippen molar-refractivity contribution in [3.8, 4) is 11.5 Å². The summed E-state index contributed by atoms with van der Waals surface area (Å²) in [6, 6.07) is 6.18. The predicted molar refractivity (Wildman–Crippen MR) is 74.7 cm³/mol. The Hall–Kier alpha value is -1.26. The number of hydrogen-bond acceptors (Lipinski definition) is 4. The molecule has 2 unspecified atom stereocenters. The molecule has 2 N–H and O–H groups in total. The Bertz CT molecular complexity index is 420. The Morgan fingerprint density at radius 1 is 1.47 bits per heavy atom. The van der Waals surface area contributed by atoms with Crippen LogP contribution in [0.5, 0.6) is 11.5 Å². The molecule has 0 bridgehead atoms. The van der Waals surface area contributed by atoms with E-state index in [0.717, 1.165) is 23.5 Å². The minimum atomic E-state index is 0.0992. The third-order valence-corrected chi connectivity index (χ3v) is 3.67. The minimum absolute atomic E-state index is 0.0992. The van der Waals surface area contributed by atoms with Crippen molar-refractivity contribution in [2.75, 3.05) is 20.3 Å². The average Bonchev–Trinajstić information content (AvgIpc) is 2.43. The lowest BCUT2D eigenvalue weighted by molar-refractivity contribution is 0.178. The molecule has 106 valence electrons. The molecule has 0 aromatic heterocycles. The molecule has 2 atom stereocenters. The van der Waals surface area contributed by atoms with Crippen LogP contribution in [0.25, 0.3) is 0 Å². The molecule has 1 heterocycles. The van der Waals surface area contributed by atoms with Crippen LogP contribution < -0.4 is 14.8 Å². The fourth-order valence-electron chi connectivity index (χ4n) is 2.39. The zero-order valence-electron chi connectivity index (χ0n) is 11.8. The normalized spacial score (nSPS) is 19.7. The van der Waals surface area contributed by atoms with Gasteiger partial charge in [-0.3, -0.25) is 0 Å². The van der Waals surface area contributed by atoms with E-state index >= 15 is 0 Å². The van der Waals surface area contributed by atoms with Gasteiger partial charge in [0.15, 0.2) is 0 Å². The van der Waals surface area contributed by atoms with Crippen LogP contribution in [-0.2, 0) is 0 Å². The van der Waals surface area contributed by atoms with Gasteiger partial charge in [0.05, 0.1) is 20.3 Å². The van der Waals surface area contributed by atoms with Crippen LogP contribution in [0.1, 0.15) is 31.9 Å². The highest BCUT2D eigenvalue weighted by atomic mass is 16.5. The first-order valence-electron chi connectivity index (χ1n) is 6.83. The van der Waals surface area contributed by atoms with E-state index in [4.69, 9.17) is 9.47 Å². The van der Waals surface area contributed by atoms with E-state index in [1.807, 2.05) is 18.2 Å². The molecule has 19 heavy (non-hydrogen) atoms. The van der Waals surface area contributed by atoms with Gasteiger partial charge >= 0.3 is 0 Å². The smallest absolute Gasteiger partial charge is 0.124 e. The third-order valence-electron chi connectivity index (χ3n) is 3.67. The van der Waals surface area contributed by atoms with Gasteiger partial charge in [-0.05, 0) is 24.1 Å². The molecule has 0 saturated heterocycles. The summed E-state index contributed by atoms with van der Waals surface area (Å²) in [5.74, 6) is 2.13. The lowest BCUT2D eigenvalue weighted by Gasteiger charge is -2.31. The Morgan fingerprint density at radius 3 is 2.89 bits per heavy atom. The number of nitrogens with one attached hydrogen (secondary N) is 1. The third kappa shape index (κ3) is 3.19. The molecule has 0 aliphatic carbocycles. The molecule has 1 aliphatic heterocycles. The van der Waals surface area contributed by atoms with Gasteiger partial charge in [0.25, 0.3) is 0 Å². The second-order valence-corrected chi connectivity index (χ2v) is 5.29. The SMILES string of the molecule is COc1ccc2c(c1)C(NC(CO)C(C)C)CCO2. The lowest BCUT2D eigenvalue weighted by atomic mass is 9.97. The summed E-state index contributed by atoms with van der Waals surface area (Å²) < 4.78 is 10.9. The van der Waals surface area contributed by atoms with Crippen molar-refractivity contribution in [2.45, 2.75) is 32.4 Å². The summed E-state index contributed by atoms with van der Waals surface area (Å²) in [6.07, 6.45) is 0.906. The highest BCUT2D eigenvalue weighted by molar-refractivity contribution is 5.43. The van der Waals surface area contributed by atoms with Crippen LogP contribution in [0.3, 0.4) is 0 Å². The number of aliphatic hydroxyl groups is 1. The number of benzene rings is 1. The standard InChI is InChI=1S/C15H23NO3/c1-10(2)14(9-17)16-13-6-7-19-15-5-4-11(18-3)8-12(13)15/h4-5,8,10,13-14,16-17H,6-7,9H2,1-3H3. The van der Waals surface area contributed by atoms with E-state index in [1.54, 1.807) is 7.11 Å². The van der Waals surface area contributed by atoms with Gasteiger partial charge in [-0.25, -0.2) is 0 Å². The molecular weight excluding hydrogens is 242 g/mol. The van der Waals surface area contributed by atoms with Crippen molar-refractivity contribution in [3.63, 3.8) is 0 Å². The fourth-order valence-corrected chi connectivity index (χ4v) is 2.39. The van der Waals surface area contributed by atoms with Gasteiger partial charge in [-0.15, -0.1) is 0 Å². The zero-order valence-corrected chi connectivity index (χ0v) is 11.8. The Morgan fingerprint density at radius 2 is 2.26 bits per heavy atom. The van der Waals surface area contributed by atoms with Gasteiger partial charge in [-0.2, -0.15) is 0 Å². The molecule has 1 aromatic carbocycles. The summed E-state index contributed by atoms with van der Waals surface area (Å²) in [5.41, 5.74) is 1.12. The molecule has 1 aliphatic rings. The summed E-state index contributed by atoms with van der Waals surface area (Å²) >= 11 is 0. The summed E-state index contributed by atoms with van der Waals surface area (Å²) in [7, 11) is 1.67. The van der Waals surface area contributed by atoms with Crippen molar-refractivity contribution >= 4 is 0 Å². The molecule has 0 amide bonds. The summed E-state index contributed by atoms with van der Waals surface area (Å²) in [4.78, 5) is 0. The molecule has 0 spiro atoms. The van der Waals surface area contributed by atoms with E-state index in [0.29, 0.717) is 12.5 Å². The second-order valence-electron chi connectivity index (χ2n) is 5.29. The maximum absolute atomic E-state index is 9.46. The highest BCUT2D eigenvalue weighted by Gasteiger charge is 2.25. The number of fused-ring (bicyclic) bond motifs is 1. The van der Waals surface area contributed by atoms with E-state index in [9.17, 15) is 5.11 Å². The number of aliphatic hydroxyl groups excluding tert-OH is 1. The first kappa shape index (κ1) is 14.2. The first-order valence-corrected chi connectivity index (χ1v) is 6.83. The van der Waals surface area contributed by atoms with Crippen molar-refractivity contribution in [2.24, 2.45) is 5.92 Å². The Labute approximate surface area is 114 Å². The van der Waals surface area contributed by atoms with Gasteiger partial charge in [0.1, 0.15) is 11.5 Å². The van der Waals surface area contributed by atoms with E-state index in [1.165, 1.54) is 0 Å². The molecule has 0 radical (unpaired) electrons. The minimum Gasteiger partial charge on any atom is -0.497 e. The quantitative estimate of drug-likeness (QED) is 0.856. The summed E-state index contributed by atoms with van der Waals surface area (Å²) in [5, 5.41) is 13.0. The van der Waals surface area contributed by atoms with E-state index in [-0.39, 0.29) is 18.7 Å². The van der Waals surface area contributed by atoms with Crippen molar-refractivity contribution in [3.05, 3.63) is 23.8 Å². The predicted octanol–water partition coefficient (Wildman–Crippen LogP) is 2.13. The Balaban J connectivity index is 2.20. The first-order chi connectivity index (χ1) is 9.15. The van der Waals surface area contributed by atoms with Crippen LogP contribution in [0.2, 0.25) is 0 Å². The number of methoxy groups -OCH3 is 1. The van der Waals surface area contributed by atoms with Crippen LogP contribution in [0.4, 0.5) is 0 Å². The van der Waals surface area contributed by atoms with Crippen LogP contribution in [0, 0.1) is 5.92 Å². The molecule has 0 fully saturated rings. The molecular formula is C15H23NO3. The number of hydrogen-bond donors (Lipinski definition) is 2. The number of rotatable bonds is 5. The van der Waals surface area contributed by atoms with Gasteiger partial charge in [0, 0.05) is 24.1 Å². The Kier molecular flexibility index (Phi) is 4.66. The topological polar surface area (TPSA) is 50.7 Å². The van der Waals surface area contributed by atoms with Gasteiger partial charge in [-0.1, -0.05) is 13.8 Å². The van der Waals surface area contributed by atoms with Crippen LogP contribution in [-0.4, -0.2) is 31.5 Å². The van der Waals surface area contributed by atoms with Crippen molar-refractivity contribution in [1.82, 2.24) is 5.32 Å². The zero-order chi connectivity index (χ0) is 13.8. The fraction of sp³-hybridized carbons (Fsp3) is 0.600. The van der Waals surface area contributed by atoms with Crippen molar-refractivity contribution < 1.29 is 14.6 Å². The average molecular weight is 265 g/mol. The maximum atomic E-state index is 9.46. The van der Waals surface area contributed by atoms with Gasteiger partial charge < -0.3 is 19.9 Å². The van der Waals surface area contributed by atoms with Crippen LogP contribution in [0.15, 0.2) is 18.2 Å². The second kappa shape index (κ2) is 6.26. The summed E-state index contributed by atoms with van der Waals surface area (Å²) in [6.45, 7) is 5.07. The molecule has 4 heteroatoms. The van der Waals surface area contributed by atoms with Crippen LogP contribution >= 0.6 is 0 Å². The van der Waals surface area contributed by atoms with E-state index < -0.39 is 0 Å². The van der Waals surface area contributed by atoms with Gasteiger partial charge in [0.2, 0.25) is 0 Å². The monoisotopic (exact) mass is 265 g/mol. The highest BCUT2D eigenvalue weighted by Crippen LogP contribution is 2.35. The molecule has 0 saturated carbocycles. The van der Waals surface area contributed by atoms with Crippen molar-refractivity contribution in [1.29, 1.82) is 0 Å². The maximum Gasteiger partial charge on any atom is 0.124 e. The van der Waals surface area contributed by atoms with E-state index in [2.05, 4.69) is 19.2 Å². The molecule has 1 aromatic rings. The largest absolute Gasteiger partial charge is 0.497 e. The number of ether oxygens (including phenoxy) is 2. The molecule has 4 nitrogen and oxygen atoms in total. The molecule has 2 rings (SSSR count).